The zero-order valence-electron chi connectivity index (χ0n) is 25.9. The lowest BCUT2D eigenvalue weighted by molar-refractivity contribution is -0.112. The monoisotopic (exact) mass is 622 g/mol. The van der Waals surface area contributed by atoms with Crippen molar-refractivity contribution >= 4 is 34.3 Å². The van der Waals surface area contributed by atoms with E-state index in [0.29, 0.717) is 45.5 Å². The number of ether oxygens (including phenoxy) is 2. The molecule has 3 heterocycles. The number of hydrogen-bond donors (Lipinski definition) is 0. The van der Waals surface area contributed by atoms with E-state index in [0.717, 1.165) is 29.8 Å². The highest BCUT2D eigenvalue weighted by atomic mass is 32.1. The van der Waals surface area contributed by atoms with E-state index in [4.69, 9.17) is 19.6 Å². The fourth-order valence-electron chi connectivity index (χ4n) is 5.45. The molecule has 0 N–H and O–H groups in total. The van der Waals surface area contributed by atoms with Gasteiger partial charge in [0.2, 0.25) is 4.80 Å². The van der Waals surface area contributed by atoms with Gasteiger partial charge < -0.3 is 14.4 Å². The minimum atomic E-state index is -0.262. The van der Waals surface area contributed by atoms with Crippen LogP contribution in [0.1, 0.15) is 31.0 Å². The fourth-order valence-corrected chi connectivity index (χ4v) is 6.28. The molecule has 0 saturated heterocycles. The van der Waals surface area contributed by atoms with Crippen LogP contribution in [0.4, 0.5) is 11.4 Å². The summed E-state index contributed by atoms with van der Waals surface area (Å²) in [5.74, 6) is 1.05. The van der Waals surface area contributed by atoms with Crippen molar-refractivity contribution in [3.8, 4) is 28.4 Å². The van der Waals surface area contributed by atoms with E-state index in [-0.39, 0.29) is 17.2 Å². The molecule has 5 aromatic rings. The Morgan fingerprint density at radius 1 is 0.911 bits per heavy atom. The zero-order valence-corrected chi connectivity index (χ0v) is 26.7. The van der Waals surface area contributed by atoms with Crippen LogP contribution in [0.25, 0.3) is 16.9 Å². The largest absolute Gasteiger partial charge is 0.497 e. The minimum Gasteiger partial charge on any atom is -0.497 e. The number of aromatic nitrogens is 3. The van der Waals surface area contributed by atoms with E-state index in [1.165, 1.54) is 11.3 Å². The summed E-state index contributed by atoms with van der Waals surface area (Å²) in [6.07, 6.45) is 1.82. The summed E-state index contributed by atoms with van der Waals surface area (Å²) >= 11 is 1.32. The average Bonchev–Trinajstić information content (AvgIpc) is 3.66. The van der Waals surface area contributed by atoms with Gasteiger partial charge in [-0.15, -0.1) is 11.3 Å². The van der Waals surface area contributed by atoms with Crippen molar-refractivity contribution in [1.82, 2.24) is 14.0 Å². The summed E-state index contributed by atoms with van der Waals surface area (Å²) in [6, 6.07) is 22.6. The molecule has 2 aromatic heterocycles. The number of nitrogens with zero attached hydrogens (tertiary/aromatic N) is 6. The summed E-state index contributed by atoms with van der Waals surface area (Å²) < 4.78 is 16.3. The van der Waals surface area contributed by atoms with Crippen molar-refractivity contribution in [3.63, 3.8) is 0 Å². The summed E-state index contributed by atoms with van der Waals surface area (Å²) in [6.45, 7) is 4.55. The van der Waals surface area contributed by atoms with Gasteiger partial charge in [-0.3, -0.25) is 14.3 Å². The van der Waals surface area contributed by atoms with Gasteiger partial charge in [0, 0.05) is 30.1 Å². The van der Waals surface area contributed by atoms with E-state index in [1.54, 1.807) is 33.2 Å². The maximum Gasteiger partial charge on any atom is 0.297 e. The quantitative estimate of drug-likeness (QED) is 0.212. The maximum atomic E-state index is 13.9. The third-order valence-corrected chi connectivity index (χ3v) is 8.75. The Kier molecular flexibility index (Phi) is 8.27. The fraction of sp³-hybridized carbons (Fsp3) is 0.235. The molecule has 0 radical (unpaired) electrons. The predicted octanol–water partition coefficient (Wildman–Crippen LogP) is 5.66. The Morgan fingerprint density at radius 2 is 1.67 bits per heavy atom. The summed E-state index contributed by atoms with van der Waals surface area (Å²) in [5, 5.41) is 6.89. The Morgan fingerprint density at radius 3 is 2.40 bits per heavy atom. The number of carbonyl (C=O) groups is 1. The van der Waals surface area contributed by atoms with Crippen molar-refractivity contribution in [1.29, 1.82) is 0 Å². The van der Waals surface area contributed by atoms with E-state index in [9.17, 15) is 9.59 Å². The molecule has 230 valence electrons. The van der Waals surface area contributed by atoms with E-state index < -0.39 is 0 Å². The second-order valence-electron chi connectivity index (χ2n) is 10.6. The molecule has 0 fully saturated rings. The van der Waals surface area contributed by atoms with Crippen LogP contribution < -0.4 is 24.7 Å². The van der Waals surface area contributed by atoms with Gasteiger partial charge in [0.1, 0.15) is 11.5 Å². The molecule has 1 aliphatic heterocycles. The Balaban J connectivity index is 1.61. The van der Waals surface area contributed by atoms with Crippen molar-refractivity contribution in [2.24, 2.45) is 17.1 Å². The van der Waals surface area contributed by atoms with Crippen LogP contribution in [0.15, 0.2) is 93.1 Å². The topological polar surface area (TPSA) is 95.3 Å². The SMILES string of the molecule is CCCCN1C(=O)C(=Nn2c(-c3cc(OC)ccc3OC)csc2=Nc2c(C)n(C)n(-c3ccccc3)c2=O)c2ccccc21. The first-order valence-corrected chi connectivity index (χ1v) is 15.6. The molecule has 0 unspecified atom stereocenters. The molecule has 45 heavy (non-hydrogen) atoms. The number of amides is 1. The smallest absolute Gasteiger partial charge is 0.297 e. The highest BCUT2D eigenvalue weighted by Crippen LogP contribution is 2.35. The number of rotatable bonds is 9. The van der Waals surface area contributed by atoms with Gasteiger partial charge in [-0.1, -0.05) is 49.7 Å². The second kappa shape index (κ2) is 12.4. The standard InChI is InChI=1S/C34H34N6O4S/c1-6-7-19-38-27-16-12-11-15-25(27)31(32(38)41)36-39-28(26-20-24(43-4)17-18-29(26)44-5)21-45-34(39)35-30-22(2)37(3)40(33(30)42)23-13-9-8-10-14-23/h8-18,20-21H,6-7,19H2,1-5H3. The molecule has 10 nitrogen and oxygen atoms in total. The molecule has 0 bridgehead atoms. The lowest BCUT2D eigenvalue weighted by Gasteiger charge is -2.15. The molecule has 0 spiro atoms. The van der Waals surface area contributed by atoms with Gasteiger partial charge >= 0.3 is 0 Å². The van der Waals surface area contributed by atoms with Crippen LogP contribution in [0.2, 0.25) is 0 Å². The van der Waals surface area contributed by atoms with Crippen LogP contribution in [0.3, 0.4) is 0 Å². The Bertz CT molecular complexity index is 2050. The third-order valence-electron chi connectivity index (χ3n) is 7.93. The van der Waals surface area contributed by atoms with Crippen molar-refractivity contribution < 1.29 is 14.3 Å². The summed E-state index contributed by atoms with van der Waals surface area (Å²) in [7, 11) is 5.03. The van der Waals surface area contributed by atoms with Crippen molar-refractivity contribution in [3.05, 3.63) is 105 Å². The number of unbranched alkanes of at least 4 members (excludes halogenated alkanes) is 1. The predicted molar refractivity (Wildman–Crippen MR) is 177 cm³/mol. The molecule has 3 aromatic carbocycles. The molecule has 6 rings (SSSR count). The normalized spacial score (nSPS) is 14.0. The van der Waals surface area contributed by atoms with Crippen LogP contribution in [-0.2, 0) is 11.8 Å². The lowest BCUT2D eigenvalue weighted by atomic mass is 10.1. The van der Waals surface area contributed by atoms with Crippen LogP contribution >= 0.6 is 11.3 Å². The number of anilines is 1. The molecule has 0 aliphatic carbocycles. The number of para-hydroxylation sites is 2. The Hall–Kier alpha value is -5.16. The number of benzene rings is 3. The molecule has 11 heteroatoms. The van der Waals surface area contributed by atoms with Crippen molar-refractivity contribution in [2.75, 3.05) is 25.7 Å². The first-order chi connectivity index (χ1) is 21.9. The van der Waals surface area contributed by atoms with Gasteiger partial charge in [-0.25, -0.2) is 14.4 Å². The molecule has 0 atom stereocenters. The lowest BCUT2D eigenvalue weighted by Crippen LogP contribution is -2.31. The van der Waals surface area contributed by atoms with Gasteiger partial charge in [0.25, 0.3) is 11.5 Å². The third kappa shape index (κ3) is 5.29. The van der Waals surface area contributed by atoms with Crippen LogP contribution in [0, 0.1) is 6.92 Å². The molecule has 1 amide bonds. The molecule has 1 aliphatic rings. The average molecular weight is 623 g/mol. The molecule has 0 saturated carbocycles. The molecular weight excluding hydrogens is 588 g/mol. The van der Waals surface area contributed by atoms with Crippen LogP contribution in [0.5, 0.6) is 11.5 Å². The van der Waals surface area contributed by atoms with Gasteiger partial charge in [0.05, 0.1) is 37.0 Å². The van der Waals surface area contributed by atoms with E-state index in [2.05, 4.69) is 6.92 Å². The minimum absolute atomic E-state index is 0.180. The summed E-state index contributed by atoms with van der Waals surface area (Å²) in [5.41, 5.74) is 4.65. The van der Waals surface area contributed by atoms with E-state index >= 15 is 0 Å². The number of carbonyl (C=O) groups excluding carboxylic acids is 1. The highest BCUT2D eigenvalue weighted by molar-refractivity contribution is 7.07. The van der Waals surface area contributed by atoms with Crippen LogP contribution in [-0.4, -0.2) is 46.4 Å². The first-order valence-electron chi connectivity index (χ1n) is 14.7. The number of thiazole rings is 1. The van der Waals surface area contributed by atoms with Gasteiger partial charge in [0.15, 0.2) is 11.4 Å². The number of hydrogen-bond acceptors (Lipinski definition) is 7. The molecular formula is C34H34N6O4S. The van der Waals surface area contributed by atoms with E-state index in [1.807, 2.05) is 92.1 Å². The van der Waals surface area contributed by atoms with Crippen molar-refractivity contribution in [2.45, 2.75) is 26.7 Å². The Labute approximate surface area is 264 Å². The highest BCUT2D eigenvalue weighted by Gasteiger charge is 2.34. The second-order valence-corrected chi connectivity index (χ2v) is 11.4. The number of fused-ring (bicyclic) bond motifs is 1. The number of methoxy groups -OCH3 is 2. The summed E-state index contributed by atoms with van der Waals surface area (Å²) in [4.78, 5) is 34.8. The zero-order chi connectivity index (χ0) is 31.7. The van der Waals surface area contributed by atoms with Gasteiger partial charge in [-0.05, 0) is 49.7 Å². The maximum absolute atomic E-state index is 13.9. The van der Waals surface area contributed by atoms with Gasteiger partial charge in [-0.2, -0.15) is 5.10 Å². The first kappa shape index (κ1) is 29.9.